The van der Waals surface area contributed by atoms with Crippen LogP contribution < -0.4 is 0 Å². The Morgan fingerprint density at radius 2 is 1.74 bits per heavy atom. The van der Waals surface area contributed by atoms with E-state index in [1.807, 2.05) is 0 Å². The Bertz CT molecular complexity index is 281. The molecule has 1 unspecified atom stereocenters. The molecule has 1 saturated heterocycles. The highest BCUT2D eigenvalue weighted by atomic mass is 15.1. The average Bonchev–Trinajstić information content (AvgIpc) is 2.74. The van der Waals surface area contributed by atoms with E-state index < -0.39 is 0 Å². The maximum Gasteiger partial charge on any atom is 0.0486 e. The summed E-state index contributed by atoms with van der Waals surface area (Å²) in [6, 6.07) is 0. The zero-order valence-corrected chi connectivity index (χ0v) is 13.7. The van der Waals surface area contributed by atoms with Gasteiger partial charge in [-0.15, -0.1) is 11.6 Å². The van der Waals surface area contributed by atoms with Gasteiger partial charge in [0.1, 0.15) is 0 Å². The maximum absolute atomic E-state index is 2.56. The molecule has 2 fully saturated rings. The minimum atomic E-state index is 0.377. The summed E-state index contributed by atoms with van der Waals surface area (Å²) in [5, 5.41) is 0.377. The molecule has 1 aliphatic carbocycles. The molecule has 1 saturated carbocycles. The van der Waals surface area contributed by atoms with Gasteiger partial charge in [0.2, 0.25) is 0 Å². The highest BCUT2D eigenvalue weighted by Gasteiger charge is 2.49. The molecule has 1 atom stereocenters. The van der Waals surface area contributed by atoms with Crippen LogP contribution in [0.3, 0.4) is 0 Å². The summed E-state index contributed by atoms with van der Waals surface area (Å²) in [7, 11) is 8.94. The van der Waals surface area contributed by atoms with Crippen LogP contribution in [0.2, 0.25) is 5.21 Å². The topological polar surface area (TPSA) is 6.48 Å². The van der Waals surface area contributed by atoms with Gasteiger partial charge in [0.15, 0.2) is 0 Å². The normalized spacial score (nSPS) is 27.5. The van der Waals surface area contributed by atoms with Gasteiger partial charge in [-0.2, -0.15) is 18.8 Å². The molecule has 0 N–H and O–H groups in total. The molecule has 0 spiro atoms. The van der Waals surface area contributed by atoms with Crippen LogP contribution in [0.25, 0.3) is 0 Å². The molecule has 0 aromatic rings. The summed E-state index contributed by atoms with van der Waals surface area (Å²) in [4.78, 5) is 4.85. The van der Waals surface area contributed by atoms with Crippen molar-refractivity contribution in [3.05, 3.63) is 12.1 Å². The lowest BCUT2D eigenvalue weighted by Crippen LogP contribution is -2.72. The molecule has 0 radical (unpaired) electrons. The van der Waals surface area contributed by atoms with E-state index in [1.54, 1.807) is 5.72 Å². The van der Waals surface area contributed by atoms with Crippen molar-refractivity contribution in [1.29, 1.82) is 0 Å². The maximum atomic E-state index is 2.56. The fraction of sp³-hybridized carbons (Fsp3) is 0.867. The molecule has 2 nitrogen and oxygen atoms in total. The van der Waals surface area contributed by atoms with Gasteiger partial charge in [-0.25, -0.2) is 0 Å². The van der Waals surface area contributed by atoms with Gasteiger partial charge in [0, 0.05) is 13.7 Å². The Morgan fingerprint density at radius 3 is 2.16 bits per heavy atom. The molecule has 2 aliphatic rings. The van der Waals surface area contributed by atoms with Gasteiger partial charge in [-0.05, 0) is 28.2 Å². The number of hydrogen-bond donors (Lipinski definition) is 0. The molecule has 0 amide bonds. The van der Waals surface area contributed by atoms with Crippen molar-refractivity contribution in [2.45, 2.75) is 51.2 Å². The van der Waals surface area contributed by atoms with E-state index in [0.717, 1.165) is 5.92 Å². The van der Waals surface area contributed by atoms with Gasteiger partial charge in [-0.1, -0.05) is 26.7 Å². The lowest BCUT2D eigenvalue weighted by Gasteiger charge is -2.71. The van der Waals surface area contributed by atoms with Crippen LogP contribution >= 0.6 is 0 Å². The van der Waals surface area contributed by atoms with Crippen molar-refractivity contribution < 1.29 is 0 Å². The monoisotopic (exact) mass is 260 g/mol. The van der Waals surface area contributed by atoms with E-state index >= 15 is 0 Å². The first-order chi connectivity index (χ1) is 8.85. The average molecular weight is 260 g/mol. The minimum Gasteiger partial charge on any atom is -0.380 e. The van der Waals surface area contributed by atoms with Gasteiger partial charge >= 0.3 is 0 Å². The first-order valence-electron chi connectivity index (χ1n) is 7.87. The van der Waals surface area contributed by atoms with Crippen LogP contribution in [0.15, 0.2) is 0 Å². The Labute approximate surface area is 121 Å². The van der Waals surface area contributed by atoms with Crippen molar-refractivity contribution in [2.24, 2.45) is 5.92 Å². The fourth-order valence-corrected chi connectivity index (χ4v) is 4.89. The lowest BCUT2D eigenvalue weighted by molar-refractivity contribution is 0.509. The highest BCUT2D eigenvalue weighted by molar-refractivity contribution is 7.04. The predicted molar refractivity (Wildman–Crippen MR) is 87.0 cm³/mol. The zero-order chi connectivity index (χ0) is 14.2. The first-order valence-corrected chi connectivity index (χ1v) is 7.87. The van der Waals surface area contributed by atoms with E-state index in [4.69, 9.17) is 0 Å². The lowest BCUT2D eigenvalue weighted by atomic mass is 8.98. The largest absolute Gasteiger partial charge is 0.380 e. The van der Waals surface area contributed by atoms with E-state index in [2.05, 4.69) is 58.1 Å². The van der Waals surface area contributed by atoms with Gasteiger partial charge in [0.25, 0.3) is 0 Å². The minimum absolute atomic E-state index is 0.377. The molecular weight excluding hydrogens is 230 g/mol. The number of rotatable bonds is 5. The van der Waals surface area contributed by atoms with Gasteiger partial charge < -0.3 is 21.8 Å². The van der Waals surface area contributed by atoms with E-state index in [9.17, 15) is 0 Å². The van der Waals surface area contributed by atoms with Gasteiger partial charge in [-0.3, -0.25) is 0 Å². The third-order valence-electron chi connectivity index (χ3n) is 5.23. The summed E-state index contributed by atoms with van der Waals surface area (Å²) in [5.74, 6) is 0.891. The Morgan fingerprint density at radius 1 is 1.16 bits per heavy atom. The van der Waals surface area contributed by atoms with Crippen molar-refractivity contribution in [3.8, 4) is 0 Å². The quantitative estimate of drug-likeness (QED) is 0.554. The summed E-state index contributed by atoms with van der Waals surface area (Å²) in [5.41, 5.74) is 1.76. The first kappa shape index (κ1) is 15.4. The second-order valence-corrected chi connectivity index (χ2v) is 7.59. The van der Waals surface area contributed by atoms with Crippen LogP contribution in [0.1, 0.15) is 46.0 Å². The summed E-state index contributed by atoms with van der Waals surface area (Å²) >= 11 is 0. The molecule has 19 heavy (non-hydrogen) atoms. The number of nitrogens with zero attached hydrogens (tertiary/aromatic N) is 2. The fourth-order valence-electron chi connectivity index (χ4n) is 4.89. The molecule has 0 bridgehead atoms. The predicted octanol–water partition coefficient (Wildman–Crippen LogP) is 2.86. The van der Waals surface area contributed by atoms with Gasteiger partial charge in [0.05, 0.1) is 0 Å². The molecule has 0 aromatic heterocycles. The van der Waals surface area contributed by atoms with Crippen LogP contribution in [-0.4, -0.2) is 51.5 Å². The molecule has 1 aliphatic heterocycles. The molecule has 4 heteroatoms. The second kappa shape index (κ2) is 5.81. The number of hydrogen-bond acceptors (Lipinski definition) is 2. The summed E-state index contributed by atoms with van der Waals surface area (Å²) in [6.45, 7) is 6.16. The Kier molecular flexibility index (Phi) is 4.72. The van der Waals surface area contributed by atoms with Crippen molar-refractivity contribution >= 4 is 13.7 Å². The third-order valence-corrected chi connectivity index (χ3v) is 5.23. The smallest absolute Gasteiger partial charge is 0.0486 e. The van der Waals surface area contributed by atoms with Crippen molar-refractivity contribution in [1.82, 2.24) is 9.62 Å². The van der Waals surface area contributed by atoms with E-state index in [-0.39, 0.29) is 0 Å². The molecular formula is C15H30B2N2-2. The van der Waals surface area contributed by atoms with Crippen LogP contribution in [-0.2, 0) is 0 Å². The molecule has 2 rings (SSSR count). The van der Waals surface area contributed by atoms with E-state index in [0.29, 0.717) is 18.9 Å². The summed E-state index contributed by atoms with van der Waals surface area (Å²) in [6.07, 6.45) is 9.44. The standard InChI is InChI=1S/C15H30B2N2/c1-15(2)16(18(3)4)14(17(15)19(5)6)12-11-13-9-7-8-10-13/h9,13H,7-8,10-12H2,1-6H3/q-2. The Hall–Kier alpha value is 0.0499. The SMILES string of the molecule is CN(C)B1[C-](CCC2[CH-]CCC2)B(N(C)C)C1(C)C. The summed E-state index contributed by atoms with van der Waals surface area (Å²) < 4.78 is 0. The zero-order valence-electron chi connectivity index (χ0n) is 13.7. The molecule has 0 aromatic carbocycles. The van der Waals surface area contributed by atoms with Crippen LogP contribution in [0, 0.1) is 18.1 Å². The highest BCUT2D eigenvalue weighted by Crippen LogP contribution is 2.53. The Balaban J connectivity index is 1.98. The third kappa shape index (κ3) is 2.90. The molecule has 1 heterocycles. The van der Waals surface area contributed by atoms with E-state index in [1.165, 1.54) is 32.1 Å². The van der Waals surface area contributed by atoms with Crippen LogP contribution in [0.4, 0.5) is 0 Å². The van der Waals surface area contributed by atoms with Crippen molar-refractivity contribution in [2.75, 3.05) is 28.2 Å². The van der Waals surface area contributed by atoms with Crippen LogP contribution in [0.5, 0.6) is 0 Å². The second-order valence-electron chi connectivity index (χ2n) is 7.59. The van der Waals surface area contributed by atoms with Crippen molar-refractivity contribution in [3.63, 3.8) is 0 Å². The molecule has 108 valence electrons.